The van der Waals surface area contributed by atoms with Crippen molar-refractivity contribution in [2.75, 3.05) is 0 Å². The van der Waals surface area contributed by atoms with Crippen LogP contribution in [0.1, 0.15) is 36.7 Å². The standard InChI is InChI=1S/C15H18F3N3/c1-3-21-10-19-8-14(21)9-20-11(2)12-5-4-6-13(7-12)15(16,17)18/h4-8,10-11,20H,3,9H2,1-2H3. The summed E-state index contributed by atoms with van der Waals surface area (Å²) < 4.78 is 40.1. The number of nitrogens with zero attached hydrogens (tertiary/aromatic N) is 2. The molecule has 114 valence electrons. The van der Waals surface area contributed by atoms with Gasteiger partial charge in [-0.2, -0.15) is 13.2 Å². The van der Waals surface area contributed by atoms with Gasteiger partial charge in [0, 0.05) is 25.3 Å². The van der Waals surface area contributed by atoms with Gasteiger partial charge in [-0.3, -0.25) is 0 Å². The lowest BCUT2D eigenvalue weighted by atomic mass is 10.0. The molecule has 0 fully saturated rings. The largest absolute Gasteiger partial charge is 0.416 e. The molecule has 0 aliphatic rings. The van der Waals surface area contributed by atoms with Crippen molar-refractivity contribution in [1.29, 1.82) is 0 Å². The van der Waals surface area contributed by atoms with Crippen molar-refractivity contribution in [2.45, 2.75) is 39.2 Å². The summed E-state index contributed by atoms with van der Waals surface area (Å²) in [6, 6.07) is 5.24. The number of aryl methyl sites for hydroxylation is 1. The van der Waals surface area contributed by atoms with Gasteiger partial charge in [-0.25, -0.2) is 4.98 Å². The zero-order valence-corrected chi connectivity index (χ0v) is 12.0. The summed E-state index contributed by atoms with van der Waals surface area (Å²) in [4.78, 5) is 4.06. The summed E-state index contributed by atoms with van der Waals surface area (Å²) in [5.74, 6) is 0. The Morgan fingerprint density at radius 1 is 1.33 bits per heavy atom. The van der Waals surface area contributed by atoms with Gasteiger partial charge in [0.25, 0.3) is 0 Å². The molecular formula is C15H18F3N3. The molecule has 0 bridgehead atoms. The van der Waals surface area contributed by atoms with Crippen LogP contribution in [0, 0.1) is 0 Å². The van der Waals surface area contributed by atoms with Crippen molar-refractivity contribution < 1.29 is 13.2 Å². The molecule has 1 N–H and O–H groups in total. The summed E-state index contributed by atoms with van der Waals surface area (Å²) >= 11 is 0. The second-order valence-corrected chi connectivity index (χ2v) is 4.90. The molecule has 1 aromatic carbocycles. The molecule has 0 spiro atoms. The van der Waals surface area contributed by atoms with E-state index in [1.807, 2.05) is 18.4 Å². The molecule has 2 rings (SSSR count). The van der Waals surface area contributed by atoms with E-state index in [-0.39, 0.29) is 6.04 Å². The Labute approximate surface area is 121 Å². The van der Waals surface area contributed by atoms with Crippen molar-refractivity contribution in [3.05, 3.63) is 53.6 Å². The normalized spacial score (nSPS) is 13.4. The molecule has 1 aromatic heterocycles. The summed E-state index contributed by atoms with van der Waals surface area (Å²) in [5.41, 5.74) is 1.01. The first-order chi connectivity index (χ1) is 9.91. The molecule has 3 nitrogen and oxygen atoms in total. The molecule has 0 aliphatic carbocycles. The van der Waals surface area contributed by atoms with E-state index in [0.717, 1.165) is 18.3 Å². The van der Waals surface area contributed by atoms with E-state index in [4.69, 9.17) is 0 Å². The number of aromatic nitrogens is 2. The van der Waals surface area contributed by atoms with Crippen molar-refractivity contribution in [1.82, 2.24) is 14.9 Å². The molecule has 0 saturated carbocycles. The maximum atomic E-state index is 12.7. The summed E-state index contributed by atoms with van der Waals surface area (Å²) in [6.07, 6.45) is -0.808. The van der Waals surface area contributed by atoms with E-state index in [0.29, 0.717) is 12.1 Å². The van der Waals surface area contributed by atoms with Gasteiger partial charge in [-0.15, -0.1) is 0 Å². The van der Waals surface area contributed by atoms with E-state index in [9.17, 15) is 13.2 Å². The Bertz CT molecular complexity index is 590. The number of hydrogen-bond donors (Lipinski definition) is 1. The predicted molar refractivity (Wildman–Crippen MR) is 74.6 cm³/mol. The lowest BCUT2D eigenvalue weighted by molar-refractivity contribution is -0.137. The number of halogens is 3. The summed E-state index contributed by atoms with van der Waals surface area (Å²) in [5, 5.41) is 3.23. The molecule has 0 aliphatic heterocycles. The second kappa shape index (κ2) is 6.30. The quantitative estimate of drug-likeness (QED) is 0.910. The van der Waals surface area contributed by atoms with Crippen molar-refractivity contribution in [3.8, 4) is 0 Å². The molecule has 0 amide bonds. The first-order valence-electron chi connectivity index (χ1n) is 6.81. The third-order valence-electron chi connectivity index (χ3n) is 3.44. The molecule has 0 radical (unpaired) electrons. The second-order valence-electron chi connectivity index (χ2n) is 4.90. The Kier molecular flexibility index (Phi) is 4.67. The highest BCUT2D eigenvalue weighted by molar-refractivity contribution is 5.27. The van der Waals surface area contributed by atoms with Crippen LogP contribution in [0.4, 0.5) is 13.2 Å². The first-order valence-corrected chi connectivity index (χ1v) is 6.81. The van der Waals surface area contributed by atoms with Gasteiger partial charge in [-0.05, 0) is 31.5 Å². The minimum absolute atomic E-state index is 0.174. The third-order valence-corrected chi connectivity index (χ3v) is 3.44. The van der Waals surface area contributed by atoms with E-state index in [1.54, 1.807) is 18.6 Å². The zero-order chi connectivity index (χ0) is 15.5. The smallest absolute Gasteiger partial charge is 0.334 e. The van der Waals surface area contributed by atoms with Gasteiger partial charge in [0.15, 0.2) is 0 Å². The van der Waals surface area contributed by atoms with Gasteiger partial charge in [-0.1, -0.05) is 12.1 Å². The molecule has 1 heterocycles. The molecule has 21 heavy (non-hydrogen) atoms. The van der Waals surface area contributed by atoms with Crippen LogP contribution in [0.3, 0.4) is 0 Å². The molecule has 0 saturated heterocycles. The van der Waals surface area contributed by atoms with Crippen LogP contribution in [-0.2, 0) is 19.3 Å². The monoisotopic (exact) mass is 297 g/mol. The Hall–Kier alpha value is -1.82. The minimum Gasteiger partial charge on any atom is -0.334 e. The highest BCUT2D eigenvalue weighted by atomic mass is 19.4. The van der Waals surface area contributed by atoms with Crippen LogP contribution in [0.15, 0.2) is 36.8 Å². The van der Waals surface area contributed by atoms with Gasteiger partial charge >= 0.3 is 6.18 Å². The number of benzene rings is 1. The maximum absolute atomic E-state index is 12.7. The van der Waals surface area contributed by atoms with Crippen LogP contribution >= 0.6 is 0 Å². The molecular weight excluding hydrogens is 279 g/mol. The Morgan fingerprint density at radius 2 is 2.10 bits per heavy atom. The van der Waals surface area contributed by atoms with Gasteiger partial charge in [0.1, 0.15) is 0 Å². The Balaban J connectivity index is 2.05. The van der Waals surface area contributed by atoms with Gasteiger partial charge in [0.05, 0.1) is 17.6 Å². The zero-order valence-electron chi connectivity index (χ0n) is 12.0. The predicted octanol–water partition coefficient (Wildman–Crippen LogP) is 3.77. The number of hydrogen-bond acceptors (Lipinski definition) is 2. The highest BCUT2D eigenvalue weighted by Crippen LogP contribution is 2.30. The number of imidazole rings is 1. The molecule has 2 aromatic rings. The van der Waals surface area contributed by atoms with Gasteiger partial charge < -0.3 is 9.88 Å². The van der Waals surface area contributed by atoms with Crippen LogP contribution in [-0.4, -0.2) is 9.55 Å². The minimum atomic E-state index is -4.31. The van der Waals surface area contributed by atoms with Crippen molar-refractivity contribution in [3.63, 3.8) is 0 Å². The average Bonchev–Trinajstić information content (AvgIpc) is 2.91. The summed E-state index contributed by atoms with van der Waals surface area (Å²) in [7, 11) is 0. The average molecular weight is 297 g/mol. The van der Waals surface area contributed by atoms with E-state index >= 15 is 0 Å². The lowest BCUT2D eigenvalue weighted by Crippen LogP contribution is -2.20. The van der Waals surface area contributed by atoms with Crippen LogP contribution < -0.4 is 5.32 Å². The van der Waals surface area contributed by atoms with E-state index in [2.05, 4.69) is 10.3 Å². The number of rotatable bonds is 5. The summed E-state index contributed by atoms with van der Waals surface area (Å²) in [6.45, 7) is 5.24. The van der Waals surface area contributed by atoms with Crippen LogP contribution in [0.2, 0.25) is 0 Å². The lowest BCUT2D eigenvalue weighted by Gasteiger charge is -2.16. The number of nitrogens with one attached hydrogen (secondary N) is 1. The topological polar surface area (TPSA) is 29.9 Å². The highest BCUT2D eigenvalue weighted by Gasteiger charge is 2.30. The fraction of sp³-hybridized carbons (Fsp3) is 0.400. The van der Waals surface area contributed by atoms with E-state index in [1.165, 1.54) is 12.1 Å². The van der Waals surface area contributed by atoms with Crippen molar-refractivity contribution in [2.24, 2.45) is 0 Å². The van der Waals surface area contributed by atoms with E-state index < -0.39 is 11.7 Å². The third kappa shape index (κ3) is 3.85. The SMILES string of the molecule is CCn1cncc1CNC(C)c1cccc(C(F)(F)F)c1. The Morgan fingerprint density at radius 3 is 2.76 bits per heavy atom. The molecule has 1 atom stereocenters. The first kappa shape index (κ1) is 15.6. The van der Waals surface area contributed by atoms with Crippen LogP contribution in [0.25, 0.3) is 0 Å². The van der Waals surface area contributed by atoms with Gasteiger partial charge in [0.2, 0.25) is 0 Å². The fourth-order valence-electron chi connectivity index (χ4n) is 2.14. The molecule has 6 heteroatoms. The number of alkyl halides is 3. The molecule has 1 unspecified atom stereocenters. The van der Waals surface area contributed by atoms with Crippen molar-refractivity contribution >= 4 is 0 Å². The fourth-order valence-corrected chi connectivity index (χ4v) is 2.14. The van der Waals surface area contributed by atoms with Crippen LogP contribution in [0.5, 0.6) is 0 Å². The maximum Gasteiger partial charge on any atom is 0.416 e.